The van der Waals surface area contributed by atoms with E-state index in [0.717, 1.165) is 4.52 Å². The molecular weight excluding hydrogens is 728 g/mol. The lowest BCUT2D eigenvalue weighted by Gasteiger charge is -2.30. The number of carbonyl (C=O) groups is 1. The topological polar surface area (TPSA) is 278 Å². The van der Waals surface area contributed by atoms with Gasteiger partial charge in [-0.2, -0.15) is 4.52 Å². The summed E-state index contributed by atoms with van der Waals surface area (Å²) in [6, 6.07) is 0. The standard InChI is InChI=1S/C9H12N4O.2C8H11N5O.C7H10N6O/c1-9(2,3)13-4-6-7(8(13)14)10-5-11-12-6;1-8(2,3)13-7(14)5-6(12-13)11-10-4-9-5;1-8(2,3)12-4-6-11-9-5-10-13(6)7(12)14;1-7(2,3)13-6(14)12-5(11-13)10-8-4-9-12/h5H,4H2,1-3H3;4H,1-3H3,(H,11,12);4-5H,1-3H3;4H,1-3H3. The zero-order chi connectivity index (χ0) is 41.4. The van der Waals surface area contributed by atoms with Gasteiger partial charge in [0, 0.05) is 11.1 Å². The highest BCUT2D eigenvalue weighted by Gasteiger charge is 2.37. The Morgan fingerprint density at radius 3 is 1.79 bits per heavy atom. The van der Waals surface area contributed by atoms with E-state index >= 15 is 0 Å². The Labute approximate surface area is 318 Å². The summed E-state index contributed by atoms with van der Waals surface area (Å²) in [5.41, 5.74) is 0.516. The first kappa shape index (κ1) is 40.4. The minimum Gasteiger partial charge on any atom is -0.326 e. The molecule has 0 aliphatic carbocycles. The van der Waals surface area contributed by atoms with Crippen LogP contribution in [0.5, 0.6) is 0 Å². The predicted octanol–water partition coefficient (Wildman–Crippen LogP) is 0.373. The molecule has 1 aliphatic heterocycles. The van der Waals surface area contributed by atoms with Gasteiger partial charge in [-0.1, -0.05) is 0 Å². The Bertz CT molecular complexity index is 2440. The van der Waals surface area contributed by atoms with Crippen LogP contribution in [0, 0.1) is 0 Å². The predicted molar refractivity (Wildman–Crippen MR) is 198 cm³/mol. The highest BCUT2D eigenvalue weighted by molar-refractivity contribution is 5.96. The second-order valence-electron chi connectivity index (χ2n) is 16.4. The van der Waals surface area contributed by atoms with Gasteiger partial charge in [-0.15, -0.1) is 60.6 Å². The molecule has 0 spiro atoms. The lowest BCUT2D eigenvalue weighted by molar-refractivity contribution is 0.0604. The molecule has 7 aromatic heterocycles. The molecule has 0 atom stereocenters. The Morgan fingerprint density at radius 2 is 1.23 bits per heavy atom. The molecule has 8 heterocycles. The molecule has 1 N–H and O–H groups in total. The number of aromatic nitrogens is 19. The van der Waals surface area contributed by atoms with E-state index in [4.69, 9.17) is 0 Å². The number of rotatable bonds is 0. The van der Waals surface area contributed by atoms with Crippen LogP contribution in [-0.4, -0.2) is 110 Å². The maximum atomic E-state index is 11.8. The van der Waals surface area contributed by atoms with Gasteiger partial charge >= 0.3 is 11.4 Å². The van der Waals surface area contributed by atoms with E-state index in [-0.39, 0.29) is 50.8 Å². The van der Waals surface area contributed by atoms with Crippen LogP contribution in [0.2, 0.25) is 0 Å². The second kappa shape index (κ2) is 14.8. The van der Waals surface area contributed by atoms with Gasteiger partial charge in [0.1, 0.15) is 18.3 Å². The fourth-order valence-corrected chi connectivity index (χ4v) is 5.06. The van der Waals surface area contributed by atoms with Gasteiger partial charge in [0.25, 0.3) is 17.2 Å². The zero-order valence-electron chi connectivity index (χ0n) is 33.2. The normalized spacial score (nSPS) is 13.1. The number of carbonyl (C=O) groups excluding carboxylic acids is 1. The number of hydrogen-bond acceptors (Lipinski definition) is 17. The highest BCUT2D eigenvalue weighted by atomic mass is 16.2. The Balaban J connectivity index is 0.000000143. The molecule has 1 aliphatic rings. The fourth-order valence-electron chi connectivity index (χ4n) is 5.06. The molecule has 56 heavy (non-hydrogen) atoms. The van der Waals surface area contributed by atoms with E-state index in [9.17, 15) is 19.2 Å². The van der Waals surface area contributed by atoms with Crippen LogP contribution >= 0.6 is 0 Å². The highest BCUT2D eigenvalue weighted by Crippen LogP contribution is 2.25. The van der Waals surface area contributed by atoms with Crippen molar-refractivity contribution in [2.24, 2.45) is 0 Å². The van der Waals surface area contributed by atoms with Gasteiger partial charge in [-0.05, 0) is 83.1 Å². The van der Waals surface area contributed by atoms with Crippen molar-refractivity contribution < 1.29 is 4.79 Å². The molecular formula is C32H44N20O4. The molecule has 0 saturated carbocycles. The summed E-state index contributed by atoms with van der Waals surface area (Å²) in [6.45, 7) is 23.8. The molecule has 0 bridgehead atoms. The van der Waals surface area contributed by atoms with Crippen molar-refractivity contribution in [3.05, 3.63) is 74.2 Å². The third-order valence-electron chi connectivity index (χ3n) is 7.86. The van der Waals surface area contributed by atoms with E-state index in [1.54, 1.807) is 15.7 Å². The number of aromatic amines is 1. The third-order valence-corrected chi connectivity index (χ3v) is 7.86. The van der Waals surface area contributed by atoms with E-state index < -0.39 is 0 Å². The lowest BCUT2D eigenvalue weighted by atomic mass is 10.1. The molecule has 7 aromatic rings. The number of nitrogens with one attached hydrogen (secondary N) is 1. The first-order chi connectivity index (χ1) is 26.0. The van der Waals surface area contributed by atoms with Crippen LogP contribution < -0.4 is 16.9 Å². The fraction of sp³-hybridized carbons (Fsp3) is 0.531. The second-order valence-corrected chi connectivity index (χ2v) is 16.4. The van der Waals surface area contributed by atoms with Crippen molar-refractivity contribution in [3.8, 4) is 0 Å². The number of fused-ring (bicyclic) bond motifs is 4. The zero-order valence-corrected chi connectivity index (χ0v) is 33.2. The number of nitrogens with zero attached hydrogens (tertiary/aromatic N) is 19. The molecule has 0 fully saturated rings. The average Bonchev–Trinajstić information content (AvgIpc) is 3.86. The number of imidazole rings is 1. The third kappa shape index (κ3) is 8.47. The minimum atomic E-state index is -0.382. The van der Waals surface area contributed by atoms with Crippen LogP contribution in [0.1, 0.15) is 99.3 Å². The summed E-state index contributed by atoms with van der Waals surface area (Å²) < 4.78 is 6.78. The first-order valence-electron chi connectivity index (χ1n) is 17.2. The van der Waals surface area contributed by atoms with Crippen LogP contribution in [0.25, 0.3) is 22.6 Å². The number of H-pyrrole nitrogens is 1. The van der Waals surface area contributed by atoms with Crippen molar-refractivity contribution in [1.29, 1.82) is 0 Å². The maximum Gasteiger partial charge on any atom is 0.369 e. The lowest BCUT2D eigenvalue weighted by Crippen LogP contribution is -2.41. The molecule has 24 heteroatoms. The number of hydrogen-bond donors (Lipinski definition) is 1. The SMILES string of the molecule is CC(C)(C)N1Cc2nncnc2C1=O.CC(C)(C)n1[nH]c2nncnc2c1=O.CC(C)(C)n1cc2nncnn2c1=O.CC(C)(C)n1nc2nncnn2c1=O. The van der Waals surface area contributed by atoms with Gasteiger partial charge in [0.15, 0.2) is 35.2 Å². The minimum absolute atomic E-state index is 0.0533. The molecule has 1 amide bonds. The van der Waals surface area contributed by atoms with E-state index in [2.05, 4.69) is 71.2 Å². The quantitative estimate of drug-likeness (QED) is 0.218. The Morgan fingerprint density at radius 1 is 0.625 bits per heavy atom. The molecule has 8 rings (SSSR count). The molecule has 24 nitrogen and oxygen atoms in total. The Kier molecular flexibility index (Phi) is 10.7. The van der Waals surface area contributed by atoms with Crippen molar-refractivity contribution in [1.82, 2.24) is 99.0 Å². The van der Waals surface area contributed by atoms with Crippen molar-refractivity contribution in [2.45, 2.75) is 112 Å². The van der Waals surface area contributed by atoms with Gasteiger partial charge in [0.2, 0.25) is 0 Å². The van der Waals surface area contributed by atoms with Crippen LogP contribution in [0.3, 0.4) is 0 Å². The van der Waals surface area contributed by atoms with Gasteiger partial charge in [-0.3, -0.25) is 19.3 Å². The molecule has 0 saturated heterocycles. The van der Waals surface area contributed by atoms with E-state index in [1.807, 2.05) is 83.1 Å². The van der Waals surface area contributed by atoms with Crippen LogP contribution in [-0.2, 0) is 23.2 Å². The van der Waals surface area contributed by atoms with Crippen molar-refractivity contribution >= 4 is 28.5 Å². The Hall–Kier alpha value is -6.75. The summed E-state index contributed by atoms with van der Waals surface area (Å²) in [6.07, 6.45) is 6.69. The molecule has 0 aromatic carbocycles. The smallest absolute Gasteiger partial charge is 0.326 e. The van der Waals surface area contributed by atoms with Gasteiger partial charge in [-0.25, -0.2) is 28.9 Å². The van der Waals surface area contributed by atoms with Crippen LogP contribution in [0.15, 0.2) is 45.9 Å². The van der Waals surface area contributed by atoms with Crippen molar-refractivity contribution in [3.63, 3.8) is 0 Å². The molecule has 0 radical (unpaired) electrons. The monoisotopic (exact) mass is 772 g/mol. The summed E-state index contributed by atoms with van der Waals surface area (Å²) in [5.74, 6) is 0.162. The largest absolute Gasteiger partial charge is 0.369 e. The van der Waals surface area contributed by atoms with E-state index in [0.29, 0.717) is 34.7 Å². The summed E-state index contributed by atoms with van der Waals surface area (Å²) in [4.78, 5) is 56.7. The molecule has 0 unspecified atom stereocenters. The van der Waals surface area contributed by atoms with Crippen molar-refractivity contribution in [2.75, 3.05) is 0 Å². The molecule has 296 valence electrons. The van der Waals surface area contributed by atoms with Gasteiger partial charge < -0.3 is 4.90 Å². The first-order valence-corrected chi connectivity index (χ1v) is 17.2. The summed E-state index contributed by atoms with van der Waals surface area (Å²) >= 11 is 0. The van der Waals surface area contributed by atoms with Gasteiger partial charge in [0.05, 0.1) is 23.8 Å². The van der Waals surface area contributed by atoms with E-state index in [1.165, 1.54) is 39.2 Å². The average molecular weight is 773 g/mol. The summed E-state index contributed by atoms with van der Waals surface area (Å²) in [7, 11) is 0. The van der Waals surface area contributed by atoms with Crippen LogP contribution in [0.4, 0.5) is 0 Å². The number of amides is 1. The maximum absolute atomic E-state index is 11.8. The summed E-state index contributed by atoms with van der Waals surface area (Å²) in [5, 5.41) is 44.1.